The summed E-state index contributed by atoms with van der Waals surface area (Å²) in [4.78, 5) is 26.1. The van der Waals surface area contributed by atoms with Crippen LogP contribution in [0.15, 0.2) is 29.2 Å². The van der Waals surface area contributed by atoms with Crippen LogP contribution in [0, 0.1) is 0 Å². The molecule has 3 N–H and O–H groups in total. The van der Waals surface area contributed by atoms with Gasteiger partial charge in [0.15, 0.2) is 0 Å². The van der Waals surface area contributed by atoms with E-state index in [0.29, 0.717) is 17.1 Å². The van der Waals surface area contributed by atoms with Crippen molar-refractivity contribution in [3.8, 4) is 11.3 Å². The summed E-state index contributed by atoms with van der Waals surface area (Å²) in [5.41, 5.74) is -0.0454. The van der Waals surface area contributed by atoms with Crippen molar-refractivity contribution in [2.75, 3.05) is 12.4 Å². The summed E-state index contributed by atoms with van der Waals surface area (Å²) in [7, 11) is 1.72. The van der Waals surface area contributed by atoms with Crippen molar-refractivity contribution in [2.45, 2.75) is 0 Å². The minimum atomic E-state index is -1.29. The highest BCUT2D eigenvalue weighted by atomic mass is 16.4. The van der Waals surface area contributed by atoms with E-state index >= 15 is 0 Å². The molecule has 0 saturated heterocycles. The van der Waals surface area contributed by atoms with Gasteiger partial charge in [-0.3, -0.25) is 4.79 Å². The summed E-state index contributed by atoms with van der Waals surface area (Å²) >= 11 is 0. The van der Waals surface area contributed by atoms with Crippen molar-refractivity contribution in [1.82, 2.24) is 15.2 Å². The number of rotatable bonds is 3. The molecule has 92 valence electrons. The average molecular weight is 246 g/mol. The predicted octanol–water partition coefficient (Wildman–Crippen LogP) is 0.572. The van der Waals surface area contributed by atoms with Gasteiger partial charge < -0.3 is 10.4 Å². The number of pyridine rings is 1. The highest BCUT2D eigenvalue weighted by Gasteiger charge is 2.11. The molecule has 2 aromatic rings. The number of nitrogens with zero attached hydrogens (tertiary/aromatic N) is 2. The summed E-state index contributed by atoms with van der Waals surface area (Å²) in [6, 6.07) is 4.61. The fourth-order valence-electron chi connectivity index (χ4n) is 1.44. The topological polar surface area (TPSA) is 108 Å². The van der Waals surface area contributed by atoms with Gasteiger partial charge in [-0.2, -0.15) is 5.10 Å². The Kier molecular flexibility index (Phi) is 3.05. The highest BCUT2D eigenvalue weighted by Crippen LogP contribution is 2.18. The smallest absolute Gasteiger partial charge is 0.341 e. The second-order valence-electron chi connectivity index (χ2n) is 3.48. The molecular weight excluding hydrogens is 236 g/mol. The van der Waals surface area contributed by atoms with E-state index in [9.17, 15) is 9.59 Å². The Hall–Kier alpha value is -2.70. The molecule has 0 amide bonds. The number of hydrogen-bond donors (Lipinski definition) is 3. The van der Waals surface area contributed by atoms with Crippen molar-refractivity contribution < 1.29 is 9.90 Å². The van der Waals surface area contributed by atoms with Gasteiger partial charge in [0.2, 0.25) is 0 Å². The summed E-state index contributed by atoms with van der Waals surface area (Å²) < 4.78 is 0. The number of aromatic nitrogens is 3. The van der Waals surface area contributed by atoms with Gasteiger partial charge in [-0.25, -0.2) is 14.9 Å². The van der Waals surface area contributed by atoms with Crippen molar-refractivity contribution in [1.29, 1.82) is 0 Å². The van der Waals surface area contributed by atoms with Gasteiger partial charge in [-0.15, -0.1) is 0 Å². The van der Waals surface area contributed by atoms with Crippen LogP contribution in [-0.4, -0.2) is 33.3 Å². The lowest BCUT2D eigenvalue weighted by molar-refractivity contribution is 0.0694. The van der Waals surface area contributed by atoms with Gasteiger partial charge in [0.25, 0.3) is 5.56 Å². The van der Waals surface area contributed by atoms with E-state index in [-0.39, 0.29) is 5.56 Å². The lowest BCUT2D eigenvalue weighted by Crippen LogP contribution is -2.18. The first-order valence-electron chi connectivity index (χ1n) is 5.09. The molecule has 7 heteroatoms. The number of aromatic carboxylic acids is 1. The van der Waals surface area contributed by atoms with Crippen molar-refractivity contribution >= 4 is 11.8 Å². The Morgan fingerprint density at radius 1 is 1.44 bits per heavy atom. The zero-order valence-electron chi connectivity index (χ0n) is 9.47. The first-order chi connectivity index (χ1) is 8.61. The minimum Gasteiger partial charge on any atom is -0.477 e. The second kappa shape index (κ2) is 4.66. The third-order valence-electron chi connectivity index (χ3n) is 2.35. The molecule has 0 aromatic carbocycles. The first kappa shape index (κ1) is 11.8. The largest absolute Gasteiger partial charge is 0.477 e. The molecule has 2 aromatic heterocycles. The van der Waals surface area contributed by atoms with E-state index in [2.05, 4.69) is 20.5 Å². The number of H-pyrrole nitrogens is 1. The SMILES string of the molecule is CNc1cc(-c2cc(C(=O)O)c(=O)[nH]n2)ccn1. The maximum Gasteiger partial charge on any atom is 0.341 e. The van der Waals surface area contributed by atoms with Crippen LogP contribution in [0.25, 0.3) is 11.3 Å². The van der Waals surface area contributed by atoms with E-state index in [4.69, 9.17) is 5.11 Å². The van der Waals surface area contributed by atoms with E-state index in [1.165, 1.54) is 6.07 Å². The molecule has 0 atom stereocenters. The monoisotopic (exact) mass is 246 g/mol. The molecule has 0 aliphatic heterocycles. The Morgan fingerprint density at radius 3 is 2.89 bits per heavy atom. The Morgan fingerprint density at radius 2 is 2.22 bits per heavy atom. The van der Waals surface area contributed by atoms with Gasteiger partial charge >= 0.3 is 5.97 Å². The summed E-state index contributed by atoms with van der Waals surface area (Å²) in [6.45, 7) is 0. The molecule has 0 saturated carbocycles. The molecule has 0 spiro atoms. The molecule has 0 aliphatic carbocycles. The molecule has 0 unspecified atom stereocenters. The van der Waals surface area contributed by atoms with E-state index in [1.54, 1.807) is 25.4 Å². The maximum absolute atomic E-state index is 11.2. The van der Waals surface area contributed by atoms with Crippen molar-refractivity contribution in [3.05, 3.63) is 40.3 Å². The number of anilines is 1. The molecule has 0 bridgehead atoms. The van der Waals surface area contributed by atoms with Gasteiger partial charge in [-0.1, -0.05) is 0 Å². The lowest BCUT2D eigenvalue weighted by atomic mass is 10.1. The quantitative estimate of drug-likeness (QED) is 0.730. The number of carboxylic acids is 1. The molecule has 18 heavy (non-hydrogen) atoms. The number of hydrogen-bond acceptors (Lipinski definition) is 5. The first-order valence-corrected chi connectivity index (χ1v) is 5.09. The van der Waals surface area contributed by atoms with E-state index < -0.39 is 11.5 Å². The fraction of sp³-hybridized carbons (Fsp3) is 0.0909. The van der Waals surface area contributed by atoms with Crippen LogP contribution in [0.2, 0.25) is 0 Å². The van der Waals surface area contributed by atoms with Gasteiger partial charge in [0.05, 0.1) is 5.69 Å². The van der Waals surface area contributed by atoms with Gasteiger partial charge in [0, 0.05) is 18.8 Å². The van der Waals surface area contributed by atoms with Crippen molar-refractivity contribution in [3.63, 3.8) is 0 Å². The van der Waals surface area contributed by atoms with Crippen LogP contribution in [0.5, 0.6) is 0 Å². The highest BCUT2D eigenvalue weighted by molar-refractivity contribution is 5.88. The standard InChI is InChI=1S/C11H10N4O3/c1-12-9-4-6(2-3-13-9)8-5-7(11(17)18)10(16)15-14-8/h2-5H,1H3,(H,12,13)(H,15,16)(H,17,18). The normalized spacial score (nSPS) is 10.1. The molecule has 0 aliphatic rings. The number of nitrogens with one attached hydrogen (secondary N) is 2. The zero-order valence-corrected chi connectivity index (χ0v) is 9.47. The summed E-state index contributed by atoms with van der Waals surface area (Å²) in [6.07, 6.45) is 1.56. The van der Waals surface area contributed by atoms with Crippen LogP contribution in [-0.2, 0) is 0 Å². The van der Waals surface area contributed by atoms with Gasteiger partial charge in [0.1, 0.15) is 11.4 Å². The third kappa shape index (κ3) is 2.19. The molecular formula is C11H10N4O3. The predicted molar refractivity (Wildman–Crippen MR) is 64.6 cm³/mol. The Balaban J connectivity index is 2.54. The molecule has 2 heterocycles. The minimum absolute atomic E-state index is 0.345. The second-order valence-corrected chi connectivity index (χ2v) is 3.48. The van der Waals surface area contributed by atoms with E-state index in [1.807, 2.05) is 0 Å². The Labute approximate surface area is 102 Å². The molecule has 2 rings (SSSR count). The molecule has 7 nitrogen and oxygen atoms in total. The van der Waals surface area contributed by atoms with E-state index in [0.717, 1.165) is 0 Å². The van der Waals surface area contributed by atoms with Crippen LogP contribution >= 0.6 is 0 Å². The summed E-state index contributed by atoms with van der Waals surface area (Å²) in [5.74, 6) is -0.667. The van der Waals surface area contributed by atoms with Crippen LogP contribution < -0.4 is 10.9 Å². The lowest BCUT2D eigenvalue weighted by Gasteiger charge is -2.03. The fourth-order valence-corrected chi connectivity index (χ4v) is 1.44. The average Bonchev–Trinajstić information content (AvgIpc) is 2.39. The number of carbonyl (C=O) groups is 1. The zero-order chi connectivity index (χ0) is 13.1. The Bertz CT molecular complexity index is 651. The summed E-state index contributed by atoms with van der Waals surface area (Å²) in [5, 5.41) is 17.7. The van der Waals surface area contributed by atoms with Crippen LogP contribution in [0.1, 0.15) is 10.4 Å². The number of carboxylic acid groups (broad SMARTS) is 1. The third-order valence-corrected chi connectivity index (χ3v) is 2.35. The van der Waals surface area contributed by atoms with Crippen molar-refractivity contribution in [2.24, 2.45) is 0 Å². The maximum atomic E-state index is 11.2. The van der Waals surface area contributed by atoms with Crippen LogP contribution in [0.3, 0.4) is 0 Å². The molecule has 0 radical (unpaired) electrons. The van der Waals surface area contributed by atoms with Gasteiger partial charge in [-0.05, 0) is 18.2 Å². The number of aromatic amines is 1. The van der Waals surface area contributed by atoms with Crippen LogP contribution in [0.4, 0.5) is 5.82 Å². The molecule has 0 fully saturated rings.